The number of benzene rings is 1. The minimum atomic E-state index is -0.814. The Morgan fingerprint density at radius 1 is 1.53 bits per heavy atom. The number of hydrogen-bond acceptors (Lipinski definition) is 2. The van der Waals surface area contributed by atoms with Gasteiger partial charge in [-0.25, -0.2) is 4.39 Å². The van der Waals surface area contributed by atoms with Crippen molar-refractivity contribution in [1.29, 1.82) is 0 Å². The minimum absolute atomic E-state index is 0.0248. The minimum Gasteiger partial charge on any atom is -0.493 e. The summed E-state index contributed by atoms with van der Waals surface area (Å²) < 4.78 is 18.4. The van der Waals surface area contributed by atoms with Crippen LogP contribution in [0, 0.1) is 17.7 Å². The van der Waals surface area contributed by atoms with E-state index in [4.69, 9.17) is 9.84 Å². The van der Waals surface area contributed by atoms with Crippen molar-refractivity contribution in [3.05, 3.63) is 29.6 Å². The van der Waals surface area contributed by atoms with Gasteiger partial charge in [-0.1, -0.05) is 0 Å². The molecule has 3 rings (SSSR count). The average Bonchev–Trinajstić information content (AvgIpc) is 2.92. The maximum atomic E-state index is 13.0. The molecule has 1 N–H and O–H groups in total. The second kappa shape index (κ2) is 2.72. The van der Waals surface area contributed by atoms with Crippen LogP contribution < -0.4 is 4.74 Å². The Labute approximate surface area is 85.5 Å². The number of carbonyl (C=O) groups is 1. The summed E-state index contributed by atoms with van der Waals surface area (Å²) in [6.07, 6.45) is 0. The van der Waals surface area contributed by atoms with Crippen molar-refractivity contribution < 1.29 is 19.0 Å². The molecule has 1 aromatic carbocycles. The monoisotopic (exact) mass is 208 g/mol. The highest BCUT2D eigenvalue weighted by atomic mass is 19.1. The number of halogens is 1. The van der Waals surface area contributed by atoms with E-state index < -0.39 is 11.9 Å². The molecule has 4 heteroatoms. The first kappa shape index (κ1) is 8.71. The van der Waals surface area contributed by atoms with Crippen LogP contribution in [0.25, 0.3) is 0 Å². The first-order valence-electron chi connectivity index (χ1n) is 4.83. The van der Waals surface area contributed by atoms with E-state index in [1.165, 1.54) is 12.1 Å². The van der Waals surface area contributed by atoms with Gasteiger partial charge in [-0.3, -0.25) is 4.79 Å². The van der Waals surface area contributed by atoms with Crippen LogP contribution in [-0.2, 0) is 4.79 Å². The van der Waals surface area contributed by atoms with Crippen molar-refractivity contribution in [3.8, 4) is 5.75 Å². The molecule has 3 atom stereocenters. The second-order valence-corrected chi connectivity index (χ2v) is 4.05. The number of hydrogen-bond donors (Lipinski definition) is 1. The van der Waals surface area contributed by atoms with Crippen LogP contribution >= 0.6 is 0 Å². The van der Waals surface area contributed by atoms with Crippen LogP contribution in [0.5, 0.6) is 5.75 Å². The van der Waals surface area contributed by atoms with Gasteiger partial charge in [0.25, 0.3) is 0 Å². The van der Waals surface area contributed by atoms with Crippen molar-refractivity contribution in [2.45, 2.75) is 5.92 Å². The van der Waals surface area contributed by atoms with Gasteiger partial charge in [-0.2, -0.15) is 0 Å². The third kappa shape index (κ3) is 1.14. The first-order valence-corrected chi connectivity index (χ1v) is 4.83. The van der Waals surface area contributed by atoms with E-state index >= 15 is 0 Å². The molecule has 15 heavy (non-hydrogen) atoms. The lowest BCUT2D eigenvalue weighted by atomic mass is 10.1. The molecule has 0 bridgehead atoms. The highest BCUT2D eigenvalue weighted by Crippen LogP contribution is 2.58. The SMILES string of the molecule is O=C(O)C1C2COc3ccc(F)cc3C21. The van der Waals surface area contributed by atoms with Gasteiger partial charge in [0.2, 0.25) is 0 Å². The van der Waals surface area contributed by atoms with E-state index in [-0.39, 0.29) is 17.7 Å². The Balaban J connectivity index is 2.02. The number of carboxylic acid groups (broad SMARTS) is 1. The lowest BCUT2D eigenvalue weighted by Gasteiger charge is -2.15. The smallest absolute Gasteiger partial charge is 0.307 e. The summed E-state index contributed by atoms with van der Waals surface area (Å²) in [4.78, 5) is 10.9. The van der Waals surface area contributed by atoms with Crippen molar-refractivity contribution in [2.75, 3.05) is 6.61 Å². The molecule has 3 nitrogen and oxygen atoms in total. The van der Waals surface area contributed by atoms with E-state index in [9.17, 15) is 9.18 Å². The Hall–Kier alpha value is -1.58. The maximum absolute atomic E-state index is 13.0. The summed E-state index contributed by atoms with van der Waals surface area (Å²) in [6.45, 7) is 0.431. The Morgan fingerprint density at radius 3 is 3.07 bits per heavy atom. The summed E-state index contributed by atoms with van der Waals surface area (Å²) in [6, 6.07) is 4.28. The number of rotatable bonds is 1. The number of fused-ring (bicyclic) bond motifs is 3. The third-order valence-electron chi connectivity index (χ3n) is 3.22. The summed E-state index contributed by atoms with van der Waals surface area (Å²) in [5, 5.41) is 8.93. The molecule has 0 spiro atoms. The molecule has 3 unspecified atom stereocenters. The topological polar surface area (TPSA) is 46.5 Å². The molecule has 0 aromatic heterocycles. The van der Waals surface area contributed by atoms with Gasteiger partial charge in [-0.15, -0.1) is 0 Å². The highest BCUT2D eigenvalue weighted by molar-refractivity contribution is 5.77. The van der Waals surface area contributed by atoms with Gasteiger partial charge in [0.05, 0.1) is 12.5 Å². The van der Waals surface area contributed by atoms with Gasteiger partial charge < -0.3 is 9.84 Å². The fraction of sp³-hybridized carbons (Fsp3) is 0.364. The normalized spacial score (nSPS) is 31.1. The quantitative estimate of drug-likeness (QED) is 0.763. The molecule has 78 valence electrons. The zero-order chi connectivity index (χ0) is 10.6. The average molecular weight is 208 g/mol. The fourth-order valence-corrected chi connectivity index (χ4v) is 2.44. The number of ether oxygens (including phenoxy) is 1. The summed E-state index contributed by atoms with van der Waals surface area (Å²) in [7, 11) is 0. The van der Waals surface area contributed by atoms with Crippen molar-refractivity contribution in [2.24, 2.45) is 11.8 Å². The van der Waals surface area contributed by atoms with Gasteiger partial charge in [0.1, 0.15) is 11.6 Å². The van der Waals surface area contributed by atoms with Gasteiger partial charge in [-0.05, 0) is 18.2 Å². The Bertz CT molecular complexity index is 443. The zero-order valence-corrected chi connectivity index (χ0v) is 7.81. The lowest BCUT2D eigenvalue weighted by Crippen LogP contribution is -2.09. The summed E-state index contributed by atoms with van der Waals surface area (Å²) in [5.74, 6) is -0.951. The predicted molar refractivity (Wildman–Crippen MR) is 49.3 cm³/mol. The summed E-state index contributed by atoms with van der Waals surface area (Å²) in [5.41, 5.74) is 0.707. The molecule has 0 saturated heterocycles. The van der Waals surface area contributed by atoms with Crippen LogP contribution in [0.4, 0.5) is 4.39 Å². The Kier molecular flexibility index (Phi) is 1.58. The van der Waals surface area contributed by atoms with Crippen molar-refractivity contribution in [1.82, 2.24) is 0 Å². The molecule has 0 radical (unpaired) electrons. The molecular formula is C11H9FO3. The molecule has 1 aliphatic heterocycles. The second-order valence-electron chi connectivity index (χ2n) is 4.05. The molecule has 1 saturated carbocycles. The fourth-order valence-electron chi connectivity index (χ4n) is 2.44. The van der Waals surface area contributed by atoms with Crippen molar-refractivity contribution in [3.63, 3.8) is 0 Å². The lowest BCUT2D eigenvalue weighted by molar-refractivity contribution is -0.139. The van der Waals surface area contributed by atoms with Gasteiger partial charge in [0.15, 0.2) is 0 Å². The third-order valence-corrected chi connectivity index (χ3v) is 3.22. The molecule has 0 amide bonds. The maximum Gasteiger partial charge on any atom is 0.307 e. The van der Waals surface area contributed by atoms with Crippen molar-refractivity contribution >= 4 is 5.97 Å². The number of carboxylic acids is 1. The largest absolute Gasteiger partial charge is 0.493 e. The Morgan fingerprint density at radius 2 is 2.33 bits per heavy atom. The molecule has 2 aliphatic rings. The standard InChI is InChI=1S/C11H9FO3/c12-5-1-2-8-6(3-5)9-7(4-15-8)10(9)11(13)14/h1-3,7,9-10H,4H2,(H,13,14). The van der Waals surface area contributed by atoms with Crippen LogP contribution in [0.1, 0.15) is 11.5 Å². The van der Waals surface area contributed by atoms with Gasteiger partial charge >= 0.3 is 5.97 Å². The molecular weight excluding hydrogens is 199 g/mol. The molecule has 1 aliphatic carbocycles. The van der Waals surface area contributed by atoms with Crippen LogP contribution in [0.3, 0.4) is 0 Å². The molecule has 1 heterocycles. The molecule has 1 fully saturated rings. The van der Waals surface area contributed by atoms with E-state index in [1.807, 2.05) is 0 Å². The highest BCUT2D eigenvalue weighted by Gasteiger charge is 2.59. The number of aliphatic carboxylic acids is 1. The predicted octanol–water partition coefficient (Wildman–Crippen LogP) is 1.63. The summed E-state index contributed by atoms with van der Waals surface area (Å²) >= 11 is 0. The van der Waals surface area contributed by atoms with E-state index in [2.05, 4.69) is 0 Å². The van der Waals surface area contributed by atoms with Crippen LogP contribution in [0.15, 0.2) is 18.2 Å². The van der Waals surface area contributed by atoms with E-state index in [0.29, 0.717) is 17.9 Å². The van der Waals surface area contributed by atoms with Crippen LogP contribution in [-0.4, -0.2) is 17.7 Å². The first-order chi connectivity index (χ1) is 7.18. The van der Waals surface area contributed by atoms with Gasteiger partial charge in [0, 0.05) is 17.4 Å². The van der Waals surface area contributed by atoms with E-state index in [1.54, 1.807) is 6.07 Å². The van der Waals surface area contributed by atoms with E-state index in [0.717, 1.165) is 0 Å². The zero-order valence-electron chi connectivity index (χ0n) is 7.81. The van der Waals surface area contributed by atoms with Crippen LogP contribution in [0.2, 0.25) is 0 Å². The molecule has 1 aromatic rings.